The van der Waals surface area contributed by atoms with Crippen LogP contribution in [-0.2, 0) is 17.9 Å². The molecule has 24 heavy (non-hydrogen) atoms. The van der Waals surface area contributed by atoms with Gasteiger partial charge >= 0.3 is 0 Å². The fraction of sp³-hybridized carbons (Fsp3) is 0.176. The number of furan rings is 1. The Hall–Kier alpha value is -2.67. The molecule has 0 saturated heterocycles. The molecule has 0 fully saturated rings. The highest BCUT2D eigenvalue weighted by Gasteiger charge is 2.12. The SMILES string of the molecule is CC(=O)NCc1ccc(C(=O)NCc2cc3cc(F)ccc3s2)o1. The summed E-state index contributed by atoms with van der Waals surface area (Å²) >= 11 is 1.50. The molecule has 0 bridgehead atoms. The summed E-state index contributed by atoms with van der Waals surface area (Å²) in [6.07, 6.45) is 0. The van der Waals surface area contributed by atoms with Crippen LogP contribution in [0.25, 0.3) is 10.1 Å². The van der Waals surface area contributed by atoms with Crippen LogP contribution in [0.2, 0.25) is 0 Å². The van der Waals surface area contributed by atoms with E-state index in [2.05, 4.69) is 10.6 Å². The Kier molecular flexibility index (Phi) is 4.61. The summed E-state index contributed by atoms with van der Waals surface area (Å²) in [5.74, 6) is -0.0975. The van der Waals surface area contributed by atoms with Gasteiger partial charge in [-0.05, 0) is 41.8 Å². The molecule has 2 aromatic heterocycles. The van der Waals surface area contributed by atoms with Gasteiger partial charge in [0.25, 0.3) is 5.91 Å². The number of nitrogens with one attached hydrogen (secondary N) is 2. The lowest BCUT2D eigenvalue weighted by Crippen LogP contribution is -2.22. The molecular weight excluding hydrogens is 331 g/mol. The van der Waals surface area contributed by atoms with Crippen molar-refractivity contribution in [2.75, 3.05) is 0 Å². The predicted molar refractivity (Wildman–Crippen MR) is 89.2 cm³/mol. The molecule has 0 spiro atoms. The van der Waals surface area contributed by atoms with E-state index >= 15 is 0 Å². The van der Waals surface area contributed by atoms with E-state index in [4.69, 9.17) is 4.42 Å². The van der Waals surface area contributed by atoms with E-state index in [1.54, 1.807) is 18.2 Å². The van der Waals surface area contributed by atoms with Crippen molar-refractivity contribution in [1.29, 1.82) is 0 Å². The summed E-state index contributed by atoms with van der Waals surface area (Å²) in [7, 11) is 0. The van der Waals surface area contributed by atoms with Crippen LogP contribution < -0.4 is 10.6 Å². The number of carbonyl (C=O) groups is 2. The average molecular weight is 346 g/mol. The molecule has 124 valence electrons. The summed E-state index contributed by atoms with van der Waals surface area (Å²) in [6, 6.07) is 9.67. The second kappa shape index (κ2) is 6.84. The zero-order valence-electron chi connectivity index (χ0n) is 12.9. The van der Waals surface area contributed by atoms with E-state index in [9.17, 15) is 14.0 Å². The van der Waals surface area contributed by atoms with Gasteiger partial charge in [-0.15, -0.1) is 11.3 Å². The molecule has 0 unspecified atom stereocenters. The molecule has 3 aromatic rings. The zero-order chi connectivity index (χ0) is 17.1. The summed E-state index contributed by atoms with van der Waals surface area (Å²) in [5.41, 5.74) is 0. The van der Waals surface area contributed by atoms with Gasteiger partial charge < -0.3 is 15.1 Å². The zero-order valence-corrected chi connectivity index (χ0v) is 13.7. The molecule has 2 amide bonds. The van der Waals surface area contributed by atoms with Gasteiger partial charge in [0, 0.05) is 16.5 Å². The molecule has 0 saturated carbocycles. The largest absolute Gasteiger partial charge is 0.454 e. The maximum absolute atomic E-state index is 13.2. The minimum Gasteiger partial charge on any atom is -0.454 e. The number of fused-ring (bicyclic) bond motifs is 1. The first kappa shape index (κ1) is 16.2. The van der Waals surface area contributed by atoms with Crippen LogP contribution in [0.15, 0.2) is 40.8 Å². The van der Waals surface area contributed by atoms with Crippen molar-refractivity contribution in [3.8, 4) is 0 Å². The second-order valence-electron chi connectivity index (χ2n) is 5.25. The molecule has 0 radical (unpaired) electrons. The first-order chi connectivity index (χ1) is 11.5. The van der Waals surface area contributed by atoms with E-state index in [0.717, 1.165) is 15.0 Å². The first-order valence-corrected chi connectivity index (χ1v) is 8.12. The maximum atomic E-state index is 13.2. The lowest BCUT2D eigenvalue weighted by molar-refractivity contribution is -0.119. The Morgan fingerprint density at radius 2 is 1.96 bits per heavy atom. The van der Waals surface area contributed by atoms with Crippen LogP contribution in [0.3, 0.4) is 0 Å². The highest BCUT2D eigenvalue weighted by atomic mass is 32.1. The third kappa shape index (κ3) is 3.80. The predicted octanol–water partition coefficient (Wildman–Crippen LogP) is 3.20. The van der Waals surface area contributed by atoms with Gasteiger partial charge in [0.1, 0.15) is 11.6 Å². The van der Waals surface area contributed by atoms with Crippen LogP contribution >= 0.6 is 11.3 Å². The molecule has 0 aliphatic rings. The fourth-order valence-corrected chi connectivity index (χ4v) is 3.20. The maximum Gasteiger partial charge on any atom is 0.287 e. The summed E-state index contributed by atoms with van der Waals surface area (Å²) in [5, 5.41) is 6.18. The van der Waals surface area contributed by atoms with Crippen LogP contribution in [-0.4, -0.2) is 11.8 Å². The molecule has 2 heterocycles. The van der Waals surface area contributed by atoms with Crippen molar-refractivity contribution in [2.45, 2.75) is 20.0 Å². The summed E-state index contributed by atoms with van der Waals surface area (Å²) < 4.78 is 19.5. The quantitative estimate of drug-likeness (QED) is 0.745. The number of benzene rings is 1. The Morgan fingerprint density at radius 1 is 1.12 bits per heavy atom. The van der Waals surface area contributed by atoms with Gasteiger partial charge in [-0.25, -0.2) is 4.39 Å². The number of thiophene rings is 1. The van der Waals surface area contributed by atoms with Crippen molar-refractivity contribution in [3.63, 3.8) is 0 Å². The first-order valence-electron chi connectivity index (χ1n) is 7.30. The van der Waals surface area contributed by atoms with E-state index < -0.39 is 0 Å². The monoisotopic (exact) mass is 346 g/mol. The number of halogens is 1. The Labute approximate surface area is 141 Å². The van der Waals surface area contributed by atoms with Crippen molar-refractivity contribution >= 4 is 33.2 Å². The number of hydrogen-bond donors (Lipinski definition) is 2. The smallest absolute Gasteiger partial charge is 0.287 e. The minimum absolute atomic E-state index is 0.168. The second-order valence-corrected chi connectivity index (χ2v) is 6.42. The summed E-state index contributed by atoms with van der Waals surface area (Å²) in [4.78, 5) is 23.9. The molecule has 7 heteroatoms. The lowest BCUT2D eigenvalue weighted by Gasteiger charge is -2.01. The number of amides is 2. The molecule has 5 nitrogen and oxygen atoms in total. The lowest BCUT2D eigenvalue weighted by atomic mass is 10.2. The van der Waals surface area contributed by atoms with Gasteiger partial charge in [-0.2, -0.15) is 0 Å². The molecule has 1 aromatic carbocycles. The average Bonchev–Trinajstić information content (AvgIpc) is 3.16. The fourth-order valence-electron chi connectivity index (χ4n) is 2.22. The number of carbonyl (C=O) groups excluding carboxylic acids is 2. The summed E-state index contributed by atoms with van der Waals surface area (Å²) in [6.45, 7) is 1.99. The number of rotatable bonds is 5. The van der Waals surface area contributed by atoms with Crippen molar-refractivity contribution in [3.05, 3.63) is 58.6 Å². The van der Waals surface area contributed by atoms with Crippen molar-refractivity contribution in [2.24, 2.45) is 0 Å². The normalized spacial score (nSPS) is 10.8. The van der Waals surface area contributed by atoms with E-state index in [0.29, 0.717) is 12.3 Å². The van der Waals surface area contributed by atoms with Gasteiger partial charge in [0.2, 0.25) is 5.91 Å². The van der Waals surface area contributed by atoms with Crippen molar-refractivity contribution in [1.82, 2.24) is 10.6 Å². The molecular formula is C17H15FN2O3S. The standard InChI is InChI=1S/C17H15FN2O3S/c1-10(21)19-8-13-3-4-15(23-13)17(22)20-9-14-7-11-6-12(18)2-5-16(11)24-14/h2-7H,8-9H2,1H3,(H,19,21)(H,20,22). The molecule has 0 aliphatic carbocycles. The van der Waals surface area contributed by atoms with E-state index in [1.165, 1.54) is 30.4 Å². The van der Waals surface area contributed by atoms with Gasteiger partial charge in [0.15, 0.2) is 5.76 Å². The highest BCUT2D eigenvalue weighted by molar-refractivity contribution is 7.19. The van der Waals surface area contributed by atoms with Crippen LogP contribution in [0, 0.1) is 5.82 Å². The van der Waals surface area contributed by atoms with Crippen molar-refractivity contribution < 1.29 is 18.4 Å². The third-order valence-corrected chi connectivity index (χ3v) is 4.47. The molecule has 0 aliphatic heterocycles. The van der Waals surface area contributed by atoms with Gasteiger partial charge in [-0.1, -0.05) is 0 Å². The Bertz CT molecular complexity index is 900. The van der Waals surface area contributed by atoms with Gasteiger partial charge in [-0.3, -0.25) is 9.59 Å². The Morgan fingerprint density at radius 3 is 2.75 bits per heavy atom. The van der Waals surface area contributed by atoms with E-state index in [1.807, 2.05) is 6.07 Å². The topological polar surface area (TPSA) is 71.3 Å². The third-order valence-electron chi connectivity index (χ3n) is 3.35. The highest BCUT2D eigenvalue weighted by Crippen LogP contribution is 2.26. The van der Waals surface area contributed by atoms with Gasteiger partial charge in [0.05, 0.1) is 13.1 Å². The minimum atomic E-state index is -0.340. The molecule has 2 N–H and O–H groups in total. The van der Waals surface area contributed by atoms with Crippen LogP contribution in [0.1, 0.15) is 28.1 Å². The Balaban J connectivity index is 1.61. The molecule has 0 atom stereocenters. The van der Waals surface area contributed by atoms with E-state index in [-0.39, 0.29) is 29.9 Å². The van der Waals surface area contributed by atoms with Crippen LogP contribution in [0.5, 0.6) is 0 Å². The van der Waals surface area contributed by atoms with Crippen LogP contribution in [0.4, 0.5) is 4.39 Å². The molecule has 3 rings (SSSR count). The number of hydrogen-bond acceptors (Lipinski definition) is 4.